The largest absolute Gasteiger partial charge is 0.378 e. The smallest absolute Gasteiger partial charge is 0.241 e. The van der Waals surface area contributed by atoms with Crippen molar-refractivity contribution < 1.29 is 22.3 Å². The van der Waals surface area contributed by atoms with E-state index in [1.54, 1.807) is 16.4 Å². The molecule has 5 rings (SSSR count). The molecular weight excluding hydrogens is 591 g/mol. The average molecular weight is 635 g/mol. The van der Waals surface area contributed by atoms with Crippen LogP contribution in [-0.4, -0.2) is 68.3 Å². The molecule has 1 amide bonds. The van der Waals surface area contributed by atoms with Gasteiger partial charge >= 0.3 is 0 Å². The SMILES string of the molecule is CC(C)C1CC([C@H](c2ccc(Cl)cc2)[C@H](N)C(=O)Nc2cccc(F)c2CCC2CNC3CCCS(=O)(=O)N2C3)CCO1. The van der Waals surface area contributed by atoms with E-state index in [1.165, 1.54) is 6.07 Å². The van der Waals surface area contributed by atoms with Crippen LogP contribution in [0.3, 0.4) is 0 Å². The Morgan fingerprint density at radius 2 is 1.98 bits per heavy atom. The molecule has 0 saturated carbocycles. The van der Waals surface area contributed by atoms with Gasteiger partial charge in [0.15, 0.2) is 0 Å². The average Bonchev–Trinajstić information content (AvgIpc) is 3.09. The zero-order valence-corrected chi connectivity index (χ0v) is 26.5. The molecule has 8 nitrogen and oxygen atoms in total. The van der Waals surface area contributed by atoms with E-state index in [-0.39, 0.29) is 42.2 Å². The zero-order valence-electron chi connectivity index (χ0n) is 25.0. The second-order valence-corrected chi connectivity index (χ2v) is 15.1. The van der Waals surface area contributed by atoms with Crippen LogP contribution in [0.5, 0.6) is 0 Å². The second kappa shape index (κ2) is 13.9. The lowest BCUT2D eigenvalue weighted by Crippen LogP contribution is -2.57. The number of carbonyl (C=O) groups excluding carboxylic acids is 1. The molecule has 0 radical (unpaired) electrons. The van der Waals surface area contributed by atoms with Crippen LogP contribution in [0, 0.1) is 17.7 Å². The number of hydrogen-bond acceptors (Lipinski definition) is 6. The molecule has 0 spiro atoms. The third kappa shape index (κ3) is 7.60. The number of hydrogen-bond donors (Lipinski definition) is 3. The van der Waals surface area contributed by atoms with Crippen LogP contribution in [0.15, 0.2) is 42.5 Å². The number of anilines is 1. The Labute approximate surface area is 259 Å². The molecule has 4 N–H and O–H groups in total. The maximum absolute atomic E-state index is 15.2. The van der Waals surface area contributed by atoms with Crippen molar-refractivity contribution in [3.05, 3.63) is 64.4 Å². The third-order valence-electron chi connectivity index (χ3n) is 9.42. The predicted molar refractivity (Wildman–Crippen MR) is 168 cm³/mol. The minimum atomic E-state index is -3.36. The highest BCUT2D eigenvalue weighted by molar-refractivity contribution is 7.89. The summed E-state index contributed by atoms with van der Waals surface area (Å²) in [5.74, 6) is -0.521. The van der Waals surface area contributed by atoms with Gasteiger partial charge in [-0.25, -0.2) is 12.8 Å². The molecule has 0 aliphatic carbocycles. The van der Waals surface area contributed by atoms with E-state index >= 15 is 4.39 Å². The fraction of sp³-hybridized carbons (Fsp3) is 0.594. The maximum atomic E-state index is 15.2. The van der Waals surface area contributed by atoms with Gasteiger partial charge in [-0.3, -0.25) is 4.79 Å². The molecule has 7 atom stereocenters. The van der Waals surface area contributed by atoms with E-state index in [2.05, 4.69) is 24.5 Å². The van der Waals surface area contributed by atoms with E-state index in [9.17, 15) is 13.2 Å². The molecule has 3 saturated heterocycles. The monoisotopic (exact) mass is 634 g/mol. The molecule has 5 unspecified atom stereocenters. The Hall–Kier alpha value is -2.08. The minimum absolute atomic E-state index is 0.0798. The second-order valence-electron chi connectivity index (χ2n) is 12.6. The summed E-state index contributed by atoms with van der Waals surface area (Å²) in [6.45, 7) is 5.83. The molecule has 43 heavy (non-hydrogen) atoms. The highest BCUT2D eigenvalue weighted by atomic mass is 35.5. The van der Waals surface area contributed by atoms with Crippen LogP contribution in [0.25, 0.3) is 0 Å². The lowest BCUT2D eigenvalue weighted by atomic mass is 9.74. The van der Waals surface area contributed by atoms with Crippen LogP contribution in [0.2, 0.25) is 5.02 Å². The van der Waals surface area contributed by atoms with Crippen molar-refractivity contribution in [1.29, 1.82) is 0 Å². The van der Waals surface area contributed by atoms with Crippen molar-refractivity contribution in [3.63, 3.8) is 0 Å². The van der Waals surface area contributed by atoms with Crippen LogP contribution in [-0.2, 0) is 26.0 Å². The van der Waals surface area contributed by atoms with Crippen molar-refractivity contribution in [2.75, 3.05) is 30.8 Å². The van der Waals surface area contributed by atoms with Crippen molar-refractivity contribution in [1.82, 2.24) is 9.62 Å². The first kappa shape index (κ1) is 32.3. The number of fused-ring (bicyclic) bond motifs is 2. The number of nitrogens with zero attached hydrogens (tertiary/aromatic N) is 1. The molecule has 3 fully saturated rings. The van der Waals surface area contributed by atoms with Gasteiger partial charge in [0.1, 0.15) is 5.82 Å². The molecule has 11 heteroatoms. The molecule has 3 aliphatic heterocycles. The molecule has 3 aliphatic rings. The molecule has 0 aromatic heterocycles. The summed E-state index contributed by atoms with van der Waals surface area (Å²) in [6, 6.07) is 11.1. The van der Waals surface area contributed by atoms with Gasteiger partial charge in [0.05, 0.1) is 17.9 Å². The minimum Gasteiger partial charge on any atom is -0.378 e. The number of rotatable bonds is 9. The number of amides is 1. The zero-order chi connectivity index (χ0) is 30.7. The van der Waals surface area contributed by atoms with Gasteiger partial charge < -0.3 is 21.1 Å². The van der Waals surface area contributed by atoms with Gasteiger partial charge in [0.25, 0.3) is 0 Å². The summed E-state index contributed by atoms with van der Waals surface area (Å²) in [7, 11) is -3.36. The van der Waals surface area contributed by atoms with Crippen molar-refractivity contribution in [2.24, 2.45) is 17.6 Å². The predicted octanol–water partition coefficient (Wildman–Crippen LogP) is 4.68. The van der Waals surface area contributed by atoms with E-state index in [0.29, 0.717) is 54.7 Å². The first-order chi connectivity index (χ1) is 20.5. The van der Waals surface area contributed by atoms with Crippen LogP contribution in [0.1, 0.15) is 63.0 Å². The van der Waals surface area contributed by atoms with Crippen molar-refractivity contribution in [2.45, 2.75) is 82.5 Å². The van der Waals surface area contributed by atoms with Gasteiger partial charge in [-0.2, -0.15) is 4.31 Å². The van der Waals surface area contributed by atoms with E-state index < -0.39 is 27.8 Å². The van der Waals surface area contributed by atoms with Gasteiger partial charge in [-0.1, -0.05) is 43.6 Å². The summed E-state index contributed by atoms with van der Waals surface area (Å²) < 4.78 is 48.7. The van der Waals surface area contributed by atoms with Gasteiger partial charge in [0.2, 0.25) is 15.9 Å². The molecule has 236 valence electrons. The standard InChI is InChI=1S/C32H44ClFN4O4S/c1-20(2)29-17-22(14-15-42-29)30(21-8-10-23(33)11-9-21)31(35)32(39)37-28-7-3-6-27(34)26(28)13-12-25-18-36-24-5-4-16-43(40,41)38(25)19-24/h3,6-11,20,22,24-25,29-31,36H,4-5,12-19,35H2,1-2H3,(H,37,39)/t22?,24?,25?,29?,30-,31-/m0/s1. The summed E-state index contributed by atoms with van der Waals surface area (Å²) in [4.78, 5) is 13.8. The number of nitrogens with one attached hydrogen (secondary N) is 2. The van der Waals surface area contributed by atoms with Crippen LogP contribution < -0.4 is 16.4 Å². The normalized spacial score (nSPS) is 28.6. The number of benzene rings is 2. The quantitative estimate of drug-likeness (QED) is 0.369. The Morgan fingerprint density at radius 3 is 2.72 bits per heavy atom. The van der Waals surface area contributed by atoms with Crippen LogP contribution >= 0.6 is 11.6 Å². The lowest BCUT2D eigenvalue weighted by Gasteiger charge is -2.38. The number of carbonyl (C=O) groups is 1. The first-order valence-corrected chi connectivity index (χ1v) is 17.5. The Bertz CT molecular complexity index is 1380. The number of ether oxygens (including phenoxy) is 1. The summed E-state index contributed by atoms with van der Waals surface area (Å²) >= 11 is 6.18. The Kier molecular flexibility index (Phi) is 10.5. The highest BCUT2D eigenvalue weighted by Gasteiger charge is 2.39. The Morgan fingerprint density at radius 1 is 1.21 bits per heavy atom. The molecule has 2 aromatic rings. The number of halogens is 2. The molecular formula is C32H44ClFN4O4S. The highest BCUT2D eigenvalue weighted by Crippen LogP contribution is 2.38. The molecule has 2 bridgehead atoms. The molecule has 2 aromatic carbocycles. The van der Waals surface area contributed by atoms with Gasteiger partial charge in [-0.15, -0.1) is 0 Å². The summed E-state index contributed by atoms with van der Waals surface area (Å²) in [5.41, 5.74) is 8.40. The van der Waals surface area contributed by atoms with Crippen molar-refractivity contribution in [3.8, 4) is 0 Å². The number of nitrogens with two attached hydrogens (primary N) is 1. The number of piperazine rings is 1. The maximum Gasteiger partial charge on any atom is 0.241 e. The number of sulfonamides is 1. The summed E-state index contributed by atoms with van der Waals surface area (Å²) in [6.07, 6.45) is 3.81. The topological polar surface area (TPSA) is 114 Å². The third-order valence-corrected chi connectivity index (χ3v) is 11.6. The van der Waals surface area contributed by atoms with Crippen LogP contribution in [0.4, 0.5) is 10.1 Å². The first-order valence-electron chi connectivity index (χ1n) is 15.5. The summed E-state index contributed by atoms with van der Waals surface area (Å²) in [5, 5.41) is 7.00. The van der Waals surface area contributed by atoms with E-state index in [0.717, 1.165) is 24.8 Å². The molecule has 3 heterocycles. The lowest BCUT2D eigenvalue weighted by molar-refractivity contribution is -0.118. The van der Waals surface area contributed by atoms with E-state index in [4.69, 9.17) is 22.1 Å². The van der Waals surface area contributed by atoms with Gasteiger partial charge in [0, 0.05) is 54.0 Å². The van der Waals surface area contributed by atoms with Gasteiger partial charge in [-0.05, 0) is 80.2 Å². The van der Waals surface area contributed by atoms with Crippen molar-refractivity contribution >= 4 is 33.2 Å². The fourth-order valence-electron chi connectivity index (χ4n) is 6.97. The Balaban J connectivity index is 1.34. The van der Waals surface area contributed by atoms with E-state index in [1.807, 2.05) is 24.3 Å². The fourth-order valence-corrected chi connectivity index (χ4v) is 8.90.